The molecule has 0 bridgehead atoms. The Morgan fingerprint density at radius 1 is 1.35 bits per heavy atom. The molecule has 0 aliphatic carbocycles. The summed E-state index contributed by atoms with van der Waals surface area (Å²) in [7, 11) is 0. The van der Waals surface area contributed by atoms with Crippen molar-refractivity contribution in [3.05, 3.63) is 24.0 Å². The number of benzene rings is 1. The Bertz CT molecular complexity index is 695. The van der Waals surface area contributed by atoms with Gasteiger partial charge in [0.25, 0.3) is 5.91 Å². The van der Waals surface area contributed by atoms with E-state index in [0.717, 1.165) is 6.07 Å². The molecule has 1 fully saturated rings. The molecule has 8 nitrogen and oxygen atoms in total. The van der Waals surface area contributed by atoms with Crippen LogP contribution in [0.15, 0.2) is 18.2 Å². The molecule has 0 unspecified atom stereocenters. The van der Waals surface area contributed by atoms with Gasteiger partial charge in [-0.05, 0) is 18.2 Å². The fourth-order valence-corrected chi connectivity index (χ4v) is 2.38. The lowest BCUT2D eigenvalue weighted by Gasteiger charge is -2.27. The first kappa shape index (κ1) is 19.8. The highest BCUT2D eigenvalue weighted by Gasteiger charge is 2.24. The molecule has 0 aromatic heterocycles. The van der Waals surface area contributed by atoms with Crippen molar-refractivity contribution in [2.75, 3.05) is 36.5 Å². The number of carbonyl (C=O) groups excluding carboxylic acids is 3. The van der Waals surface area contributed by atoms with E-state index >= 15 is 0 Å². The SMILES string of the molecule is CC(C)C(=O)N[C@@H](CN)C(=O)Nc1ccc(N2CCOCC2=O)c(F)c1. The minimum absolute atomic E-state index is 0.0901. The minimum Gasteiger partial charge on any atom is -0.370 e. The van der Waals surface area contributed by atoms with E-state index < -0.39 is 17.8 Å². The third kappa shape index (κ3) is 4.77. The van der Waals surface area contributed by atoms with E-state index in [9.17, 15) is 18.8 Å². The number of nitrogens with two attached hydrogens (primary N) is 1. The molecule has 26 heavy (non-hydrogen) atoms. The summed E-state index contributed by atoms with van der Waals surface area (Å²) in [5.41, 5.74) is 5.86. The number of nitrogens with zero attached hydrogens (tertiary/aromatic N) is 1. The van der Waals surface area contributed by atoms with Crippen LogP contribution in [0.3, 0.4) is 0 Å². The van der Waals surface area contributed by atoms with Crippen LogP contribution in [-0.4, -0.2) is 50.1 Å². The molecule has 1 aliphatic heterocycles. The van der Waals surface area contributed by atoms with Gasteiger partial charge in [0, 0.05) is 24.7 Å². The van der Waals surface area contributed by atoms with Crippen LogP contribution < -0.4 is 21.3 Å². The van der Waals surface area contributed by atoms with Crippen LogP contribution in [0, 0.1) is 11.7 Å². The van der Waals surface area contributed by atoms with Gasteiger partial charge in [-0.3, -0.25) is 14.4 Å². The van der Waals surface area contributed by atoms with Crippen molar-refractivity contribution in [1.29, 1.82) is 0 Å². The number of carbonyl (C=O) groups is 3. The number of rotatable bonds is 6. The summed E-state index contributed by atoms with van der Waals surface area (Å²) in [6.45, 7) is 3.80. The predicted molar refractivity (Wildman–Crippen MR) is 94.0 cm³/mol. The highest BCUT2D eigenvalue weighted by molar-refractivity contribution is 5.98. The molecular formula is C17H23FN4O4. The summed E-state index contributed by atoms with van der Waals surface area (Å²) in [6, 6.07) is 3.09. The van der Waals surface area contributed by atoms with E-state index in [4.69, 9.17) is 10.5 Å². The van der Waals surface area contributed by atoms with Crippen LogP contribution in [0.25, 0.3) is 0 Å². The largest absolute Gasteiger partial charge is 0.370 e. The molecule has 0 saturated carbocycles. The standard InChI is InChI=1S/C17H23FN4O4/c1-10(2)16(24)21-13(8-19)17(25)20-11-3-4-14(12(18)7-11)22-5-6-26-9-15(22)23/h3-4,7,10,13H,5-6,8-9,19H2,1-2H3,(H,20,25)(H,21,24)/t13-/m0/s1. The van der Waals surface area contributed by atoms with Crippen molar-refractivity contribution < 1.29 is 23.5 Å². The molecule has 1 aliphatic rings. The molecule has 0 spiro atoms. The summed E-state index contributed by atoms with van der Waals surface area (Å²) in [4.78, 5) is 37.1. The number of nitrogens with one attached hydrogen (secondary N) is 2. The molecule has 9 heteroatoms. The number of halogens is 1. The first-order valence-corrected chi connectivity index (χ1v) is 8.32. The molecule has 0 radical (unpaired) electrons. The van der Waals surface area contributed by atoms with E-state index in [-0.39, 0.29) is 48.8 Å². The molecule has 2 rings (SSSR count). The molecular weight excluding hydrogens is 343 g/mol. The molecule has 3 amide bonds. The van der Waals surface area contributed by atoms with Gasteiger partial charge in [0.05, 0.1) is 12.3 Å². The Hall–Kier alpha value is -2.52. The van der Waals surface area contributed by atoms with Crippen molar-refractivity contribution in [3.63, 3.8) is 0 Å². The van der Waals surface area contributed by atoms with Gasteiger partial charge in [0.1, 0.15) is 18.5 Å². The van der Waals surface area contributed by atoms with Crippen LogP contribution in [0.5, 0.6) is 0 Å². The second-order valence-electron chi connectivity index (χ2n) is 6.20. The predicted octanol–water partition coefficient (Wildman–Crippen LogP) is 0.227. The lowest BCUT2D eigenvalue weighted by Crippen LogP contribution is -2.49. The van der Waals surface area contributed by atoms with Crippen molar-refractivity contribution in [2.24, 2.45) is 11.7 Å². The molecule has 4 N–H and O–H groups in total. The minimum atomic E-state index is -0.923. The van der Waals surface area contributed by atoms with Gasteiger partial charge in [-0.25, -0.2) is 4.39 Å². The fraction of sp³-hybridized carbons (Fsp3) is 0.471. The Labute approximate surface area is 150 Å². The highest BCUT2D eigenvalue weighted by Crippen LogP contribution is 2.24. The van der Waals surface area contributed by atoms with E-state index in [1.165, 1.54) is 17.0 Å². The van der Waals surface area contributed by atoms with E-state index in [0.29, 0.717) is 6.61 Å². The Morgan fingerprint density at radius 3 is 2.65 bits per heavy atom. The molecule has 1 saturated heterocycles. The number of hydrogen-bond donors (Lipinski definition) is 3. The lowest BCUT2D eigenvalue weighted by atomic mass is 10.1. The zero-order chi connectivity index (χ0) is 19.3. The fourth-order valence-electron chi connectivity index (χ4n) is 2.38. The van der Waals surface area contributed by atoms with Crippen molar-refractivity contribution >= 4 is 29.1 Å². The number of anilines is 2. The average Bonchev–Trinajstić information content (AvgIpc) is 2.60. The summed E-state index contributed by atoms with van der Waals surface area (Å²) in [6.07, 6.45) is 0. The van der Waals surface area contributed by atoms with Crippen LogP contribution in [-0.2, 0) is 19.1 Å². The monoisotopic (exact) mass is 366 g/mol. The Morgan fingerprint density at radius 2 is 2.08 bits per heavy atom. The lowest BCUT2D eigenvalue weighted by molar-refractivity contribution is -0.128. The van der Waals surface area contributed by atoms with Crippen LogP contribution in [0.4, 0.5) is 15.8 Å². The topological polar surface area (TPSA) is 114 Å². The summed E-state index contributed by atoms with van der Waals surface area (Å²) in [5, 5.41) is 5.05. The summed E-state index contributed by atoms with van der Waals surface area (Å²) >= 11 is 0. The summed E-state index contributed by atoms with van der Waals surface area (Å²) in [5.74, 6) is -2.11. The van der Waals surface area contributed by atoms with E-state index in [1.807, 2.05) is 0 Å². The maximum atomic E-state index is 14.4. The van der Waals surface area contributed by atoms with Crippen molar-refractivity contribution in [2.45, 2.75) is 19.9 Å². The van der Waals surface area contributed by atoms with Gasteiger partial charge in [-0.1, -0.05) is 13.8 Å². The first-order chi connectivity index (χ1) is 12.3. The number of amides is 3. The van der Waals surface area contributed by atoms with Crippen LogP contribution in [0.1, 0.15) is 13.8 Å². The van der Waals surface area contributed by atoms with Crippen molar-refractivity contribution in [1.82, 2.24) is 5.32 Å². The first-order valence-electron chi connectivity index (χ1n) is 8.32. The van der Waals surface area contributed by atoms with E-state index in [1.54, 1.807) is 13.8 Å². The average molecular weight is 366 g/mol. The highest BCUT2D eigenvalue weighted by atomic mass is 19.1. The second-order valence-corrected chi connectivity index (χ2v) is 6.20. The van der Waals surface area contributed by atoms with Gasteiger partial charge >= 0.3 is 0 Å². The zero-order valence-electron chi connectivity index (χ0n) is 14.8. The molecule has 1 aromatic carbocycles. The Kier molecular flexibility index (Phi) is 6.64. The molecule has 142 valence electrons. The second kappa shape index (κ2) is 8.72. The normalized spacial score (nSPS) is 15.7. The maximum Gasteiger partial charge on any atom is 0.253 e. The third-order valence-electron chi connectivity index (χ3n) is 3.88. The van der Waals surface area contributed by atoms with E-state index in [2.05, 4.69) is 10.6 Å². The summed E-state index contributed by atoms with van der Waals surface area (Å²) < 4.78 is 19.4. The molecule has 1 heterocycles. The number of ether oxygens (including phenoxy) is 1. The number of morpholine rings is 1. The van der Waals surface area contributed by atoms with Crippen molar-refractivity contribution in [3.8, 4) is 0 Å². The molecule has 1 atom stereocenters. The number of hydrogen-bond acceptors (Lipinski definition) is 5. The van der Waals surface area contributed by atoms with Gasteiger partial charge in [-0.15, -0.1) is 0 Å². The maximum absolute atomic E-state index is 14.4. The van der Waals surface area contributed by atoms with Crippen LogP contribution in [0.2, 0.25) is 0 Å². The Balaban J connectivity index is 2.07. The third-order valence-corrected chi connectivity index (χ3v) is 3.88. The smallest absolute Gasteiger partial charge is 0.253 e. The van der Waals surface area contributed by atoms with Gasteiger partial charge < -0.3 is 26.0 Å². The van der Waals surface area contributed by atoms with Gasteiger partial charge in [0.15, 0.2) is 0 Å². The molecule has 1 aromatic rings. The quantitative estimate of drug-likeness (QED) is 0.667. The van der Waals surface area contributed by atoms with Gasteiger partial charge in [0.2, 0.25) is 11.8 Å². The van der Waals surface area contributed by atoms with Gasteiger partial charge in [-0.2, -0.15) is 0 Å². The van der Waals surface area contributed by atoms with Crippen LogP contribution >= 0.6 is 0 Å². The zero-order valence-corrected chi connectivity index (χ0v) is 14.8.